The van der Waals surface area contributed by atoms with Gasteiger partial charge in [0.2, 0.25) is 0 Å². The van der Waals surface area contributed by atoms with Crippen LogP contribution in [0.2, 0.25) is 0 Å². The van der Waals surface area contributed by atoms with Crippen LogP contribution in [0.4, 0.5) is 0 Å². The number of rotatable bonds is 3. The summed E-state index contributed by atoms with van der Waals surface area (Å²) in [4.78, 5) is 4.08. The van der Waals surface area contributed by atoms with E-state index in [1.165, 1.54) is 11.3 Å². The Morgan fingerprint density at radius 2 is 2.50 bits per heavy atom. The molecule has 3 N–H and O–H groups in total. The molecule has 0 saturated heterocycles. The first kappa shape index (κ1) is 8.16. The number of hydrogen-bond acceptors (Lipinski definition) is 4. The summed E-state index contributed by atoms with van der Waals surface area (Å²) in [6.07, 6.45) is 1.61. The topological polar surface area (TPSA) is 59.1 Å². The van der Waals surface area contributed by atoms with Gasteiger partial charge in [0.15, 0.2) is 0 Å². The summed E-state index contributed by atoms with van der Waals surface area (Å²) in [6.45, 7) is 0.561. The fourth-order valence-electron chi connectivity index (χ4n) is 1.42. The number of aromatic nitrogens is 1. The van der Waals surface area contributed by atoms with Crippen LogP contribution in [-0.2, 0) is 0 Å². The quantitative estimate of drug-likeness (QED) is 0.734. The molecule has 1 heterocycles. The second-order valence-corrected chi connectivity index (χ2v) is 4.10. The minimum absolute atomic E-state index is 0.0475. The van der Waals surface area contributed by atoms with Crippen molar-refractivity contribution in [2.24, 2.45) is 11.1 Å². The Hall–Kier alpha value is -0.450. The molecule has 2 rings (SSSR count). The van der Waals surface area contributed by atoms with Crippen LogP contribution in [0.3, 0.4) is 0 Å². The fourth-order valence-corrected chi connectivity index (χ4v) is 1.99. The Morgan fingerprint density at radius 1 is 1.75 bits per heavy atom. The maximum Gasteiger partial charge on any atom is 0.104 e. The highest BCUT2D eigenvalue weighted by Gasteiger charge is 2.48. The first-order chi connectivity index (χ1) is 5.78. The van der Waals surface area contributed by atoms with Gasteiger partial charge in [-0.3, -0.25) is 0 Å². The standard InChI is InChI=1S/C8H12N2OS/c9-4-8(1-2-8)7(11)6-3-12-5-10-6/h3,5,7,11H,1-2,4,9H2. The van der Waals surface area contributed by atoms with Gasteiger partial charge in [0.05, 0.1) is 11.2 Å². The Balaban J connectivity index is 2.15. The van der Waals surface area contributed by atoms with Crippen molar-refractivity contribution in [2.45, 2.75) is 18.9 Å². The van der Waals surface area contributed by atoms with Gasteiger partial charge >= 0.3 is 0 Å². The highest BCUT2D eigenvalue weighted by Crippen LogP contribution is 2.53. The third-order valence-corrected chi connectivity index (χ3v) is 3.22. The van der Waals surface area contributed by atoms with E-state index < -0.39 is 6.10 Å². The highest BCUT2D eigenvalue weighted by atomic mass is 32.1. The molecule has 3 nitrogen and oxygen atoms in total. The lowest BCUT2D eigenvalue weighted by molar-refractivity contribution is 0.0940. The van der Waals surface area contributed by atoms with E-state index in [1.54, 1.807) is 5.51 Å². The molecular weight excluding hydrogens is 172 g/mol. The zero-order chi connectivity index (χ0) is 8.60. The van der Waals surface area contributed by atoms with E-state index >= 15 is 0 Å². The summed E-state index contributed by atoms with van der Waals surface area (Å²) in [6, 6.07) is 0. The largest absolute Gasteiger partial charge is 0.386 e. The Labute approximate surface area is 75.2 Å². The van der Waals surface area contributed by atoms with Crippen LogP contribution in [0.5, 0.6) is 0 Å². The zero-order valence-electron chi connectivity index (χ0n) is 6.73. The predicted molar refractivity (Wildman–Crippen MR) is 47.8 cm³/mol. The van der Waals surface area contributed by atoms with Crippen LogP contribution in [0.15, 0.2) is 10.9 Å². The van der Waals surface area contributed by atoms with Crippen molar-refractivity contribution in [3.8, 4) is 0 Å². The van der Waals surface area contributed by atoms with Gasteiger partial charge < -0.3 is 10.8 Å². The Kier molecular flexibility index (Phi) is 1.90. The fraction of sp³-hybridized carbons (Fsp3) is 0.625. The molecular formula is C8H12N2OS. The summed E-state index contributed by atoms with van der Waals surface area (Å²) in [5.41, 5.74) is 8.07. The lowest BCUT2D eigenvalue weighted by Gasteiger charge is -2.17. The second-order valence-electron chi connectivity index (χ2n) is 3.38. The first-order valence-corrected chi connectivity index (χ1v) is 4.99. The van der Waals surface area contributed by atoms with E-state index in [2.05, 4.69) is 4.98 Å². The van der Waals surface area contributed by atoms with Crippen molar-refractivity contribution in [3.63, 3.8) is 0 Å². The number of aliphatic hydroxyl groups excluding tert-OH is 1. The predicted octanol–water partition coefficient (Wildman–Crippen LogP) is 0.915. The lowest BCUT2D eigenvalue weighted by Crippen LogP contribution is -2.23. The molecule has 0 radical (unpaired) electrons. The van der Waals surface area contributed by atoms with Crippen LogP contribution < -0.4 is 5.73 Å². The lowest BCUT2D eigenvalue weighted by atomic mass is 9.97. The van der Waals surface area contributed by atoms with Gasteiger partial charge in [0.25, 0.3) is 0 Å². The average molecular weight is 184 g/mol. The third kappa shape index (κ3) is 1.16. The second kappa shape index (κ2) is 2.80. The van der Waals surface area contributed by atoms with Gasteiger partial charge in [-0.15, -0.1) is 11.3 Å². The monoisotopic (exact) mass is 184 g/mol. The molecule has 0 spiro atoms. The van der Waals surface area contributed by atoms with E-state index in [1.807, 2.05) is 5.38 Å². The molecule has 1 aromatic rings. The van der Waals surface area contributed by atoms with E-state index in [0.717, 1.165) is 18.5 Å². The number of hydrogen-bond donors (Lipinski definition) is 2. The molecule has 0 bridgehead atoms. The minimum Gasteiger partial charge on any atom is -0.386 e. The zero-order valence-corrected chi connectivity index (χ0v) is 7.55. The number of thiazole rings is 1. The first-order valence-electron chi connectivity index (χ1n) is 4.05. The van der Waals surface area contributed by atoms with Crippen molar-refractivity contribution in [1.29, 1.82) is 0 Å². The molecule has 1 atom stereocenters. The summed E-state index contributed by atoms with van der Waals surface area (Å²) in [7, 11) is 0. The van der Waals surface area contributed by atoms with Gasteiger partial charge in [-0.2, -0.15) is 0 Å². The molecule has 1 aliphatic rings. The van der Waals surface area contributed by atoms with Crippen LogP contribution in [0.25, 0.3) is 0 Å². The molecule has 12 heavy (non-hydrogen) atoms. The molecule has 1 unspecified atom stereocenters. The SMILES string of the molecule is NCC1(C(O)c2cscn2)CC1. The van der Waals surface area contributed by atoms with E-state index in [9.17, 15) is 5.11 Å². The average Bonchev–Trinajstić information content (AvgIpc) is 2.71. The minimum atomic E-state index is -0.450. The van der Waals surface area contributed by atoms with Crippen molar-refractivity contribution in [1.82, 2.24) is 4.98 Å². The Bertz CT molecular complexity index is 256. The summed E-state index contributed by atoms with van der Waals surface area (Å²) in [5.74, 6) is 0. The molecule has 1 aliphatic carbocycles. The smallest absolute Gasteiger partial charge is 0.104 e. The molecule has 1 fully saturated rings. The van der Waals surface area contributed by atoms with Gasteiger partial charge in [0, 0.05) is 17.3 Å². The van der Waals surface area contributed by atoms with Crippen molar-refractivity contribution < 1.29 is 5.11 Å². The maximum atomic E-state index is 9.86. The van der Waals surface area contributed by atoms with Crippen LogP contribution in [0, 0.1) is 5.41 Å². The van der Waals surface area contributed by atoms with Crippen LogP contribution in [-0.4, -0.2) is 16.6 Å². The van der Waals surface area contributed by atoms with Crippen molar-refractivity contribution in [3.05, 3.63) is 16.6 Å². The Morgan fingerprint density at radius 3 is 2.92 bits per heavy atom. The number of nitrogens with two attached hydrogens (primary N) is 1. The summed E-state index contributed by atoms with van der Waals surface area (Å²) < 4.78 is 0. The highest BCUT2D eigenvalue weighted by molar-refractivity contribution is 7.07. The normalized spacial score (nSPS) is 22.2. The summed E-state index contributed by atoms with van der Waals surface area (Å²) >= 11 is 1.51. The van der Waals surface area contributed by atoms with E-state index in [0.29, 0.717) is 6.54 Å². The van der Waals surface area contributed by atoms with E-state index in [-0.39, 0.29) is 5.41 Å². The maximum absolute atomic E-state index is 9.86. The molecule has 0 aromatic carbocycles. The molecule has 1 saturated carbocycles. The molecule has 0 amide bonds. The molecule has 66 valence electrons. The summed E-state index contributed by atoms with van der Waals surface area (Å²) in [5, 5.41) is 11.8. The molecule has 1 aromatic heterocycles. The van der Waals surface area contributed by atoms with Crippen molar-refractivity contribution >= 4 is 11.3 Å². The van der Waals surface area contributed by atoms with Crippen LogP contribution in [0.1, 0.15) is 24.6 Å². The van der Waals surface area contributed by atoms with Gasteiger partial charge in [-0.05, 0) is 12.8 Å². The van der Waals surface area contributed by atoms with Gasteiger partial charge in [-0.25, -0.2) is 4.98 Å². The number of nitrogens with zero attached hydrogens (tertiary/aromatic N) is 1. The van der Waals surface area contributed by atoms with Crippen molar-refractivity contribution in [2.75, 3.05) is 6.54 Å². The van der Waals surface area contributed by atoms with Gasteiger partial charge in [-0.1, -0.05) is 0 Å². The number of aliphatic hydroxyl groups is 1. The molecule has 4 heteroatoms. The third-order valence-electron chi connectivity index (χ3n) is 2.61. The van der Waals surface area contributed by atoms with Crippen LogP contribution >= 0.6 is 11.3 Å². The van der Waals surface area contributed by atoms with Gasteiger partial charge in [0.1, 0.15) is 6.10 Å². The molecule has 0 aliphatic heterocycles. The van der Waals surface area contributed by atoms with E-state index in [4.69, 9.17) is 5.73 Å².